The molecule has 0 aromatic carbocycles. The number of nitrogens with zero attached hydrogens (tertiary/aromatic N) is 1. The Morgan fingerprint density at radius 1 is 1.57 bits per heavy atom. The van der Waals surface area contributed by atoms with E-state index in [0.717, 1.165) is 25.9 Å². The molecule has 1 heterocycles. The first-order valence-electron chi connectivity index (χ1n) is 5.64. The summed E-state index contributed by atoms with van der Waals surface area (Å²) in [6.07, 6.45) is 5.63. The van der Waals surface area contributed by atoms with Crippen molar-refractivity contribution in [2.75, 3.05) is 13.1 Å². The van der Waals surface area contributed by atoms with Gasteiger partial charge < -0.3 is 5.73 Å². The van der Waals surface area contributed by atoms with Crippen molar-refractivity contribution >= 4 is 5.78 Å². The van der Waals surface area contributed by atoms with E-state index in [1.807, 2.05) is 0 Å². The van der Waals surface area contributed by atoms with E-state index in [1.54, 1.807) is 6.92 Å². The number of rotatable bonds is 4. The summed E-state index contributed by atoms with van der Waals surface area (Å²) >= 11 is 0. The van der Waals surface area contributed by atoms with Crippen LogP contribution in [0.5, 0.6) is 0 Å². The van der Waals surface area contributed by atoms with Crippen LogP contribution in [0.1, 0.15) is 39.0 Å². The first-order chi connectivity index (χ1) is 6.61. The molecule has 1 aliphatic heterocycles. The van der Waals surface area contributed by atoms with Gasteiger partial charge in [-0.05, 0) is 45.6 Å². The minimum Gasteiger partial charge on any atom is -0.325 e. The molecule has 0 bridgehead atoms. The van der Waals surface area contributed by atoms with Crippen LogP contribution in [0.2, 0.25) is 0 Å². The maximum atomic E-state index is 11.3. The van der Waals surface area contributed by atoms with Crippen molar-refractivity contribution in [3.8, 4) is 0 Å². The zero-order chi connectivity index (χ0) is 10.2. The van der Waals surface area contributed by atoms with Crippen molar-refractivity contribution in [2.24, 2.45) is 5.73 Å². The number of nitrogens with two attached hydrogens (primary N) is 1. The van der Waals surface area contributed by atoms with Gasteiger partial charge in [-0.2, -0.15) is 0 Å². The molecule has 14 heavy (non-hydrogen) atoms. The van der Waals surface area contributed by atoms with Gasteiger partial charge in [0.1, 0.15) is 5.78 Å². The fourth-order valence-corrected chi connectivity index (χ4v) is 2.33. The van der Waals surface area contributed by atoms with Crippen LogP contribution in [0, 0.1) is 0 Å². The summed E-state index contributed by atoms with van der Waals surface area (Å²) < 4.78 is 0. The standard InChI is InChI=1S/C11H20N2O/c1-9(14)10-3-2-7-13(10)8-6-11(12)4-5-11/h10H,2-8,12H2,1H3. The monoisotopic (exact) mass is 196 g/mol. The molecule has 1 aliphatic carbocycles. The van der Waals surface area contributed by atoms with Crippen LogP contribution < -0.4 is 5.73 Å². The molecule has 0 amide bonds. The van der Waals surface area contributed by atoms with Crippen LogP contribution in [-0.2, 0) is 4.79 Å². The highest BCUT2D eigenvalue weighted by Crippen LogP contribution is 2.36. The minimum atomic E-state index is 0.129. The van der Waals surface area contributed by atoms with Crippen molar-refractivity contribution in [1.82, 2.24) is 4.90 Å². The van der Waals surface area contributed by atoms with Crippen molar-refractivity contribution in [3.63, 3.8) is 0 Å². The lowest BCUT2D eigenvalue weighted by atomic mass is 10.1. The Kier molecular flexibility index (Phi) is 2.62. The number of ketones is 1. The molecule has 3 nitrogen and oxygen atoms in total. The Morgan fingerprint density at radius 3 is 2.86 bits per heavy atom. The largest absolute Gasteiger partial charge is 0.325 e. The zero-order valence-corrected chi connectivity index (χ0v) is 8.96. The topological polar surface area (TPSA) is 46.3 Å². The van der Waals surface area contributed by atoms with Crippen molar-refractivity contribution in [3.05, 3.63) is 0 Å². The quantitative estimate of drug-likeness (QED) is 0.727. The first-order valence-corrected chi connectivity index (χ1v) is 5.64. The summed E-state index contributed by atoms with van der Waals surface area (Å²) in [5.41, 5.74) is 6.16. The zero-order valence-electron chi connectivity index (χ0n) is 8.96. The summed E-state index contributed by atoms with van der Waals surface area (Å²) in [4.78, 5) is 13.6. The van der Waals surface area contributed by atoms with Gasteiger partial charge in [-0.3, -0.25) is 9.69 Å². The van der Waals surface area contributed by atoms with Gasteiger partial charge in [0, 0.05) is 12.1 Å². The molecule has 0 aromatic rings. The van der Waals surface area contributed by atoms with E-state index in [0.29, 0.717) is 5.78 Å². The molecule has 0 radical (unpaired) electrons. The predicted molar refractivity (Wildman–Crippen MR) is 56.0 cm³/mol. The number of hydrogen-bond donors (Lipinski definition) is 1. The van der Waals surface area contributed by atoms with E-state index in [9.17, 15) is 4.79 Å². The smallest absolute Gasteiger partial charge is 0.146 e. The van der Waals surface area contributed by atoms with Gasteiger partial charge in [-0.15, -0.1) is 0 Å². The third-order valence-electron chi connectivity index (χ3n) is 3.62. The Labute approximate surface area is 85.6 Å². The number of carbonyl (C=O) groups excluding carboxylic acids is 1. The fraction of sp³-hybridized carbons (Fsp3) is 0.909. The Hall–Kier alpha value is -0.410. The lowest BCUT2D eigenvalue weighted by Gasteiger charge is -2.23. The van der Waals surface area contributed by atoms with Gasteiger partial charge in [0.2, 0.25) is 0 Å². The first kappa shape index (κ1) is 10.1. The molecule has 0 spiro atoms. The molecule has 1 atom stereocenters. The molecule has 1 saturated heterocycles. The lowest BCUT2D eigenvalue weighted by molar-refractivity contribution is -0.121. The van der Waals surface area contributed by atoms with Crippen LogP contribution in [0.25, 0.3) is 0 Å². The molecule has 1 saturated carbocycles. The normalized spacial score (nSPS) is 30.6. The second kappa shape index (κ2) is 3.63. The second-order valence-electron chi connectivity index (χ2n) is 4.92. The van der Waals surface area contributed by atoms with Crippen molar-refractivity contribution in [1.29, 1.82) is 0 Å². The van der Waals surface area contributed by atoms with Crippen molar-refractivity contribution in [2.45, 2.75) is 50.6 Å². The highest BCUT2D eigenvalue weighted by atomic mass is 16.1. The summed E-state index contributed by atoms with van der Waals surface area (Å²) in [7, 11) is 0. The van der Waals surface area contributed by atoms with Crippen LogP contribution in [0.15, 0.2) is 0 Å². The van der Waals surface area contributed by atoms with E-state index in [-0.39, 0.29) is 11.6 Å². The minimum absolute atomic E-state index is 0.129. The van der Waals surface area contributed by atoms with Gasteiger partial charge in [0.05, 0.1) is 6.04 Å². The van der Waals surface area contributed by atoms with E-state index >= 15 is 0 Å². The highest BCUT2D eigenvalue weighted by molar-refractivity contribution is 5.81. The SMILES string of the molecule is CC(=O)C1CCCN1CCC1(N)CC1. The molecule has 80 valence electrons. The molecule has 1 unspecified atom stereocenters. The van der Waals surface area contributed by atoms with E-state index < -0.39 is 0 Å². The average Bonchev–Trinajstić information content (AvgIpc) is 2.68. The average molecular weight is 196 g/mol. The van der Waals surface area contributed by atoms with Gasteiger partial charge in [-0.25, -0.2) is 0 Å². The molecule has 0 aromatic heterocycles. The van der Waals surface area contributed by atoms with Gasteiger partial charge in [0.15, 0.2) is 0 Å². The summed E-state index contributed by atoms with van der Waals surface area (Å²) in [5, 5.41) is 0. The van der Waals surface area contributed by atoms with Crippen LogP contribution >= 0.6 is 0 Å². The molecule has 2 fully saturated rings. The van der Waals surface area contributed by atoms with E-state index in [2.05, 4.69) is 4.90 Å². The van der Waals surface area contributed by atoms with Gasteiger partial charge in [-0.1, -0.05) is 0 Å². The number of Topliss-reactive ketones (excluding diaryl/α,β-unsaturated/α-hetero) is 1. The lowest BCUT2D eigenvalue weighted by Crippen LogP contribution is -2.38. The Bertz CT molecular complexity index is 235. The van der Waals surface area contributed by atoms with Gasteiger partial charge in [0.25, 0.3) is 0 Å². The maximum Gasteiger partial charge on any atom is 0.146 e. The van der Waals surface area contributed by atoms with Gasteiger partial charge >= 0.3 is 0 Å². The molecule has 2 aliphatic rings. The van der Waals surface area contributed by atoms with E-state index in [1.165, 1.54) is 19.3 Å². The summed E-state index contributed by atoms with van der Waals surface area (Å²) in [6, 6.07) is 0.192. The number of likely N-dealkylation sites (tertiary alicyclic amines) is 1. The van der Waals surface area contributed by atoms with Crippen LogP contribution in [0.3, 0.4) is 0 Å². The van der Waals surface area contributed by atoms with Crippen LogP contribution in [-0.4, -0.2) is 35.4 Å². The third-order valence-corrected chi connectivity index (χ3v) is 3.62. The van der Waals surface area contributed by atoms with E-state index in [4.69, 9.17) is 5.73 Å². The summed E-state index contributed by atoms with van der Waals surface area (Å²) in [6.45, 7) is 3.80. The fourth-order valence-electron chi connectivity index (χ4n) is 2.33. The molecular formula is C11H20N2O. The molecule has 3 heteroatoms. The summed E-state index contributed by atoms with van der Waals surface area (Å²) in [5.74, 6) is 0.323. The number of carbonyl (C=O) groups is 1. The van der Waals surface area contributed by atoms with Crippen LogP contribution in [0.4, 0.5) is 0 Å². The molecule has 2 N–H and O–H groups in total. The Balaban J connectivity index is 1.81. The predicted octanol–water partition coefficient (Wildman–Crippen LogP) is 0.921. The highest BCUT2D eigenvalue weighted by Gasteiger charge is 2.39. The molecule has 2 rings (SSSR count). The number of hydrogen-bond acceptors (Lipinski definition) is 3. The third kappa shape index (κ3) is 2.15. The second-order valence-corrected chi connectivity index (χ2v) is 4.92. The Morgan fingerprint density at radius 2 is 2.29 bits per heavy atom. The van der Waals surface area contributed by atoms with Crippen molar-refractivity contribution < 1.29 is 4.79 Å². The molecular weight excluding hydrogens is 176 g/mol. The maximum absolute atomic E-state index is 11.3.